The average molecular weight is 178 g/mol. The SMILES string of the molecule is CCCCCC1N=Nc2ccnn21. The summed E-state index contributed by atoms with van der Waals surface area (Å²) in [5.41, 5.74) is 0. The Hall–Kier alpha value is -1.19. The molecule has 0 saturated heterocycles. The van der Waals surface area contributed by atoms with Crippen molar-refractivity contribution in [2.45, 2.75) is 38.8 Å². The lowest BCUT2D eigenvalue weighted by Crippen LogP contribution is -2.03. The van der Waals surface area contributed by atoms with Crippen LogP contribution in [-0.2, 0) is 0 Å². The molecule has 0 aromatic carbocycles. The number of fused-ring (bicyclic) bond motifs is 1. The fraction of sp³-hybridized carbons (Fsp3) is 0.667. The van der Waals surface area contributed by atoms with Crippen molar-refractivity contribution in [3.8, 4) is 0 Å². The molecule has 1 unspecified atom stereocenters. The number of rotatable bonds is 4. The molecule has 0 saturated carbocycles. The molecule has 0 spiro atoms. The summed E-state index contributed by atoms with van der Waals surface area (Å²) < 4.78 is 1.90. The molecule has 1 atom stereocenters. The molecule has 0 amide bonds. The van der Waals surface area contributed by atoms with Crippen molar-refractivity contribution in [2.24, 2.45) is 10.2 Å². The van der Waals surface area contributed by atoms with E-state index in [1.54, 1.807) is 6.20 Å². The fourth-order valence-corrected chi connectivity index (χ4v) is 1.55. The quantitative estimate of drug-likeness (QED) is 0.653. The highest BCUT2D eigenvalue weighted by Gasteiger charge is 2.18. The molecular weight excluding hydrogens is 164 g/mol. The smallest absolute Gasteiger partial charge is 0.174 e. The Labute approximate surface area is 77.7 Å². The first-order chi connectivity index (χ1) is 6.42. The minimum atomic E-state index is 0.163. The molecular formula is C9H14N4. The van der Waals surface area contributed by atoms with Gasteiger partial charge in [-0.1, -0.05) is 19.8 Å². The minimum Gasteiger partial charge on any atom is -0.219 e. The van der Waals surface area contributed by atoms with Gasteiger partial charge < -0.3 is 0 Å². The van der Waals surface area contributed by atoms with Gasteiger partial charge in [0.25, 0.3) is 0 Å². The van der Waals surface area contributed by atoms with Gasteiger partial charge in [-0.15, -0.1) is 5.11 Å². The van der Waals surface area contributed by atoms with Gasteiger partial charge in [-0.3, -0.25) is 0 Å². The maximum absolute atomic E-state index is 4.19. The van der Waals surface area contributed by atoms with E-state index in [4.69, 9.17) is 0 Å². The fourth-order valence-electron chi connectivity index (χ4n) is 1.55. The Bertz CT molecular complexity index is 302. The summed E-state index contributed by atoms with van der Waals surface area (Å²) in [6.45, 7) is 2.20. The molecule has 1 aromatic heterocycles. The summed E-state index contributed by atoms with van der Waals surface area (Å²) in [4.78, 5) is 0. The third-order valence-electron chi connectivity index (χ3n) is 2.29. The second kappa shape index (κ2) is 3.68. The predicted octanol–water partition coefficient (Wildman–Crippen LogP) is 3.06. The van der Waals surface area contributed by atoms with Crippen LogP contribution in [0.15, 0.2) is 22.5 Å². The Balaban J connectivity index is 1.93. The Morgan fingerprint density at radius 2 is 2.38 bits per heavy atom. The van der Waals surface area contributed by atoms with Crippen LogP contribution in [0.1, 0.15) is 38.8 Å². The molecule has 2 heterocycles. The molecule has 0 N–H and O–H groups in total. The monoisotopic (exact) mass is 178 g/mol. The molecule has 4 nitrogen and oxygen atoms in total. The summed E-state index contributed by atoms with van der Waals surface area (Å²) in [6.07, 6.45) is 6.72. The molecule has 2 rings (SSSR count). The number of hydrogen-bond acceptors (Lipinski definition) is 3. The zero-order valence-corrected chi connectivity index (χ0v) is 7.85. The maximum Gasteiger partial charge on any atom is 0.174 e. The Kier molecular flexibility index (Phi) is 2.38. The predicted molar refractivity (Wildman–Crippen MR) is 49.9 cm³/mol. The van der Waals surface area contributed by atoms with E-state index in [-0.39, 0.29) is 6.17 Å². The van der Waals surface area contributed by atoms with E-state index in [0.29, 0.717) is 0 Å². The van der Waals surface area contributed by atoms with Gasteiger partial charge in [-0.2, -0.15) is 10.2 Å². The third-order valence-corrected chi connectivity index (χ3v) is 2.29. The summed E-state index contributed by atoms with van der Waals surface area (Å²) in [5.74, 6) is 0.890. The first-order valence-electron chi connectivity index (χ1n) is 4.86. The molecule has 0 aliphatic carbocycles. The number of unbranched alkanes of at least 4 members (excludes halogenated alkanes) is 2. The highest BCUT2D eigenvalue weighted by atomic mass is 15.5. The van der Waals surface area contributed by atoms with Crippen LogP contribution in [0.25, 0.3) is 0 Å². The van der Waals surface area contributed by atoms with Crippen molar-refractivity contribution in [1.82, 2.24) is 9.78 Å². The largest absolute Gasteiger partial charge is 0.219 e. The summed E-state index contributed by atoms with van der Waals surface area (Å²) in [6, 6.07) is 1.89. The molecule has 13 heavy (non-hydrogen) atoms. The zero-order chi connectivity index (χ0) is 9.10. The van der Waals surface area contributed by atoms with Gasteiger partial charge in [0.05, 0.1) is 6.20 Å². The molecule has 0 bridgehead atoms. The van der Waals surface area contributed by atoms with Crippen LogP contribution in [-0.4, -0.2) is 9.78 Å². The first kappa shape index (κ1) is 8.41. The Morgan fingerprint density at radius 1 is 1.46 bits per heavy atom. The molecule has 70 valence electrons. The normalized spacial score (nSPS) is 19.3. The maximum atomic E-state index is 4.19. The van der Waals surface area contributed by atoms with Gasteiger partial charge >= 0.3 is 0 Å². The van der Waals surface area contributed by atoms with Crippen LogP contribution in [0.4, 0.5) is 5.82 Å². The average Bonchev–Trinajstić information content (AvgIpc) is 2.68. The van der Waals surface area contributed by atoms with Crippen LogP contribution in [0.3, 0.4) is 0 Å². The van der Waals surface area contributed by atoms with E-state index in [1.165, 1.54) is 19.3 Å². The zero-order valence-electron chi connectivity index (χ0n) is 7.85. The van der Waals surface area contributed by atoms with E-state index in [9.17, 15) is 0 Å². The third kappa shape index (κ3) is 1.61. The minimum absolute atomic E-state index is 0.163. The molecule has 1 aliphatic rings. The van der Waals surface area contributed by atoms with Crippen LogP contribution in [0.5, 0.6) is 0 Å². The van der Waals surface area contributed by atoms with Crippen molar-refractivity contribution in [1.29, 1.82) is 0 Å². The van der Waals surface area contributed by atoms with E-state index in [2.05, 4.69) is 22.3 Å². The number of aromatic nitrogens is 2. The van der Waals surface area contributed by atoms with Gasteiger partial charge in [-0.25, -0.2) is 4.68 Å². The van der Waals surface area contributed by atoms with E-state index < -0.39 is 0 Å². The van der Waals surface area contributed by atoms with Crippen LogP contribution < -0.4 is 0 Å². The molecule has 0 fully saturated rings. The molecule has 0 radical (unpaired) electrons. The standard InChI is InChI=1S/C9H14N4/c1-2-3-4-5-8-11-12-9-6-7-10-13(8)9/h6-8H,2-5H2,1H3. The van der Waals surface area contributed by atoms with Gasteiger partial charge in [0.2, 0.25) is 0 Å². The first-order valence-corrected chi connectivity index (χ1v) is 4.86. The van der Waals surface area contributed by atoms with E-state index in [1.807, 2.05) is 10.7 Å². The van der Waals surface area contributed by atoms with Crippen molar-refractivity contribution in [3.05, 3.63) is 12.3 Å². The van der Waals surface area contributed by atoms with Crippen molar-refractivity contribution in [3.63, 3.8) is 0 Å². The van der Waals surface area contributed by atoms with E-state index in [0.717, 1.165) is 12.2 Å². The van der Waals surface area contributed by atoms with Crippen molar-refractivity contribution < 1.29 is 0 Å². The molecule has 1 aromatic rings. The van der Waals surface area contributed by atoms with Crippen LogP contribution in [0.2, 0.25) is 0 Å². The van der Waals surface area contributed by atoms with Crippen molar-refractivity contribution in [2.75, 3.05) is 0 Å². The molecule has 4 heteroatoms. The van der Waals surface area contributed by atoms with Crippen molar-refractivity contribution >= 4 is 5.82 Å². The summed E-state index contributed by atoms with van der Waals surface area (Å²) >= 11 is 0. The Morgan fingerprint density at radius 3 is 3.23 bits per heavy atom. The summed E-state index contributed by atoms with van der Waals surface area (Å²) in [7, 11) is 0. The number of nitrogens with zero attached hydrogens (tertiary/aromatic N) is 4. The van der Waals surface area contributed by atoms with Gasteiger partial charge in [0.1, 0.15) is 0 Å². The summed E-state index contributed by atoms with van der Waals surface area (Å²) in [5, 5.41) is 12.4. The number of azo groups is 1. The second-order valence-electron chi connectivity index (χ2n) is 3.33. The lowest BCUT2D eigenvalue weighted by Gasteiger charge is -2.06. The second-order valence-corrected chi connectivity index (χ2v) is 3.33. The molecule has 1 aliphatic heterocycles. The van der Waals surface area contributed by atoms with Crippen LogP contribution >= 0.6 is 0 Å². The lowest BCUT2D eigenvalue weighted by molar-refractivity contribution is 0.439. The lowest BCUT2D eigenvalue weighted by atomic mass is 10.2. The van der Waals surface area contributed by atoms with Gasteiger partial charge in [-0.05, 0) is 12.8 Å². The van der Waals surface area contributed by atoms with E-state index >= 15 is 0 Å². The van der Waals surface area contributed by atoms with Gasteiger partial charge in [0, 0.05) is 6.07 Å². The van der Waals surface area contributed by atoms with Gasteiger partial charge in [0.15, 0.2) is 12.0 Å². The highest BCUT2D eigenvalue weighted by Crippen LogP contribution is 2.29. The number of hydrogen-bond donors (Lipinski definition) is 0. The topological polar surface area (TPSA) is 42.5 Å². The highest BCUT2D eigenvalue weighted by molar-refractivity contribution is 5.27. The van der Waals surface area contributed by atoms with Crippen LogP contribution in [0, 0.1) is 0 Å².